The highest BCUT2D eigenvalue weighted by Gasteiger charge is 2.50. The van der Waals surface area contributed by atoms with Gasteiger partial charge in [-0.3, -0.25) is 0 Å². The maximum atomic E-state index is 10.1. The van der Waals surface area contributed by atoms with E-state index >= 15 is 0 Å². The molecule has 0 radical (unpaired) electrons. The summed E-state index contributed by atoms with van der Waals surface area (Å²) in [6, 6.07) is 5.76. The Morgan fingerprint density at radius 2 is 1.94 bits per heavy atom. The van der Waals surface area contributed by atoms with Crippen LogP contribution in [-0.2, 0) is 5.41 Å². The highest BCUT2D eigenvalue weighted by atomic mass is 16.3. The zero-order valence-corrected chi connectivity index (χ0v) is 11.0. The van der Waals surface area contributed by atoms with Gasteiger partial charge >= 0.3 is 0 Å². The van der Waals surface area contributed by atoms with E-state index in [-0.39, 0.29) is 17.4 Å². The van der Waals surface area contributed by atoms with Crippen LogP contribution in [0, 0.1) is 12.3 Å². The highest BCUT2D eigenvalue weighted by molar-refractivity contribution is 5.43. The van der Waals surface area contributed by atoms with Gasteiger partial charge in [0.05, 0.1) is 0 Å². The lowest BCUT2D eigenvalue weighted by Gasteiger charge is -2.41. The van der Waals surface area contributed by atoms with Gasteiger partial charge in [0, 0.05) is 23.0 Å². The summed E-state index contributed by atoms with van der Waals surface area (Å²) in [5, 5.41) is 19.8. The van der Waals surface area contributed by atoms with Crippen molar-refractivity contribution in [3.05, 3.63) is 29.3 Å². The van der Waals surface area contributed by atoms with Gasteiger partial charge in [0.25, 0.3) is 0 Å². The van der Waals surface area contributed by atoms with Gasteiger partial charge in [-0.05, 0) is 25.8 Å². The number of aromatic hydroxyl groups is 1. The molecule has 2 nitrogen and oxygen atoms in total. The summed E-state index contributed by atoms with van der Waals surface area (Å²) in [4.78, 5) is 0. The summed E-state index contributed by atoms with van der Waals surface area (Å²) in [6.45, 7) is 6.51. The third-order valence-corrected chi connectivity index (χ3v) is 4.83. The van der Waals surface area contributed by atoms with Gasteiger partial charge in [-0.25, -0.2) is 0 Å². The van der Waals surface area contributed by atoms with Crippen LogP contribution in [0.1, 0.15) is 44.2 Å². The summed E-state index contributed by atoms with van der Waals surface area (Å²) in [5.74, 6) is 0.361. The van der Waals surface area contributed by atoms with E-state index in [1.165, 1.54) is 0 Å². The Morgan fingerprint density at radius 3 is 2.59 bits per heavy atom. The van der Waals surface area contributed by atoms with E-state index in [0.29, 0.717) is 5.75 Å². The number of hydrogen-bond donors (Lipinski definition) is 2. The smallest absolute Gasteiger partial charge is 0.119 e. The third kappa shape index (κ3) is 1.75. The van der Waals surface area contributed by atoms with Crippen LogP contribution in [-0.4, -0.2) is 16.8 Å². The molecule has 0 saturated heterocycles. The Morgan fingerprint density at radius 1 is 1.24 bits per heavy atom. The van der Waals surface area contributed by atoms with Gasteiger partial charge in [0.15, 0.2) is 0 Å². The summed E-state index contributed by atoms with van der Waals surface area (Å²) in [7, 11) is 0. The molecule has 1 aromatic carbocycles. The zero-order chi connectivity index (χ0) is 12.7. The second kappa shape index (κ2) is 4.02. The molecule has 0 heterocycles. The molecule has 2 heteroatoms. The van der Waals surface area contributed by atoms with Crippen molar-refractivity contribution in [3.8, 4) is 5.75 Å². The predicted octanol–water partition coefficient (Wildman–Crippen LogP) is 3.14. The first-order valence-electron chi connectivity index (χ1n) is 6.34. The third-order valence-electron chi connectivity index (χ3n) is 4.83. The van der Waals surface area contributed by atoms with Crippen LogP contribution in [0.4, 0.5) is 0 Å². The van der Waals surface area contributed by atoms with Crippen molar-refractivity contribution < 1.29 is 10.2 Å². The van der Waals surface area contributed by atoms with E-state index in [2.05, 4.69) is 19.9 Å². The van der Waals surface area contributed by atoms with Crippen LogP contribution in [0.3, 0.4) is 0 Å². The zero-order valence-electron chi connectivity index (χ0n) is 11.0. The van der Waals surface area contributed by atoms with E-state index in [1.807, 2.05) is 13.0 Å². The number of benzene rings is 1. The topological polar surface area (TPSA) is 40.5 Å². The van der Waals surface area contributed by atoms with E-state index in [9.17, 15) is 10.2 Å². The second-order valence-electron chi connectivity index (χ2n) is 5.93. The molecule has 0 unspecified atom stereocenters. The molecule has 0 aliphatic heterocycles. The van der Waals surface area contributed by atoms with Gasteiger partial charge in [0.1, 0.15) is 5.75 Å². The minimum absolute atomic E-state index is 0.127. The highest BCUT2D eigenvalue weighted by Crippen LogP contribution is 2.55. The molecule has 1 aliphatic rings. The summed E-state index contributed by atoms with van der Waals surface area (Å²) in [6.07, 6.45) is 3.16. The van der Waals surface area contributed by atoms with Crippen LogP contribution < -0.4 is 0 Å². The van der Waals surface area contributed by atoms with Crippen molar-refractivity contribution in [3.63, 3.8) is 0 Å². The van der Waals surface area contributed by atoms with Crippen LogP contribution in [0.5, 0.6) is 5.75 Å². The number of rotatable bonds is 2. The number of aryl methyl sites for hydroxylation is 1. The molecule has 1 saturated carbocycles. The first-order valence-corrected chi connectivity index (χ1v) is 6.34. The Labute approximate surface area is 103 Å². The predicted molar refractivity (Wildman–Crippen MR) is 69.2 cm³/mol. The normalized spacial score (nSPS) is 32.9. The molecule has 94 valence electrons. The molecule has 1 aromatic rings. The molecule has 0 bridgehead atoms. The van der Waals surface area contributed by atoms with E-state index in [1.54, 1.807) is 6.07 Å². The van der Waals surface area contributed by atoms with E-state index in [0.717, 1.165) is 30.4 Å². The molecule has 1 fully saturated rings. The minimum Gasteiger partial charge on any atom is -0.508 e. The first kappa shape index (κ1) is 12.4. The lowest BCUT2D eigenvalue weighted by atomic mass is 9.64. The van der Waals surface area contributed by atoms with Crippen LogP contribution in [0.2, 0.25) is 0 Å². The largest absolute Gasteiger partial charge is 0.508 e. The van der Waals surface area contributed by atoms with Crippen molar-refractivity contribution >= 4 is 0 Å². The quantitative estimate of drug-likeness (QED) is 0.825. The van der Waals surface area contributed by atoms with Crippen molar-refractivity contribution in [1.82, 2.24) is 0 Å². The molecular formula is C15H22O2. The van der Waals surface area contributed by atoms with E-state index < -0.39 is 0 Å². The number of aliphatic hydroxyl groups excluding tert-OH is 1. The monoisotopic (exact) mass is 234 g/mol. The van der Waals surface area contributed by atoms with Gasteiger partial charge in [-0.1, -0.05) is 38.0 Å². The number of phenolic OH excluding ortho intramolecular Hbond substituents is 1. The minimum atomic E-state index is -0.127. The fourth-order valence-corrected chi connectivity index (χ4v) is 3.21. The van der Waals surface area contributed by atoms with Crippen LogP contribution >= 0.6 is 0 Å². The number of aliphatic hydroxyl groups is 1. The molecule has 2 rings (SSSR count). The second-order valence-corrected chi connectivity index (χ2v) is 5.93. The molecule has 1 aliphatic carbocycles. The SMILES string of the molecule is Cc1ccc(O)c([C@]2(C)CCC[C@@]2(C)CO)c1. The van der Waals surface area contributed by atoms with Gasteiger partial charge in [-0.2, -0.15) is 0 Å². The summed E-state index contributed by atoms with van der Waals surface area (Å²) < 4.78 is 0. The molecular weight excluding hydrogens is 212 g/mol. The fraction of sp³-hybridized carbons (Fsp3) is 0.600. The maximum Gasteiger partial charge on any atom is 0.119 e. The first-order chi connectivity index (χ1) is 7.93. The van der Waals surface area contributed by atoms with Crippen molar-refractivity contribution in [2.75, 3.05) is 6.61 Å². The molecule has 2 N–H and O–H groups in total. The van der Waals surface area contributed by atoms with Crippen molar-refractivity contribution in [2.45, 2.75) is 45.4 Å². The standard InChI is InChI=1S/C15H22O2/c1-11-5-6-13(17)12(9-11)15(3)8-4-7-14(15,2)10-16/h5-6,9,16-17H,4,7-8,10H2,1-3H3/t14-,15-/m0/s1. The Hall–Kier alpha value is -1.02. The molecule has 0 amide bonds. The van der Waals surface area contributed by atoms with Gasteiger partial charge in [-0.15, -0.1) is 0 Å². The molecule has 0 spiro atoms. The molecule has 17 heavy (non-hydrogen) atoms. The summed E-state index contributed by atoms with van der Waals surface area (Å²) in [5.41, 5.74) is 1.90. The average molecular weight is 234 g/mol. The maximum absolute atomic E-state index is 10.1. The number of phenols is 1. The van der Waals surface area contributed by atoms with Crippen molar-refractivity contribution in [2.24, 2.45) is 5.41 Å². The summed E-state index contributed by atoms with van der Waals surface area (Å²) >= 11 is 0. The Kier molecular flexibility index (Phi) is 2.94. The molecule has 2 atom stereocenters. The van der Waals surface area contributed by atoms with E-state index in [4.69, 9.17) is 0 Å². The van der Waals surface area contributed by atoms with Crippen LogP contribution in [0.15, 0.2) is 18.2 Å². The van der Waals surface area contributed by atoms with Crippen LogP contribution in [0.25, 0.3) is 0 Å². The molecule has 0 aromatic heterocycles. The fourth-order valence-electron chi connectivity index (χ4n) is 3.21. The Balaban J connectivity index is 2.54. The van der Waals surface area contributed by atoms with Crippen molar-refractivity contribution in [1.29, 1.82) is 0 Å². The Bertz CT molecular complexity index is 427. The van der Waals surface area contributed by atoms with Gasteiger partial charge < -0.3 is 10.2 Å². The van der Waals surface area contributed by atoms with Gasteiger partial charge in [0.2, 0.25) is 0 Å². The lowest BCUT2D eigenvalue weighted by molar-refractivity contribution is 0.0848. The average Bonchev–Trinajstić information content (AvgIpc) is 2.60. The number of hydrogen-bond acceptors (Lipinski definition) is 2. The lowest BCUT2D eigenvalue weighted by Crippen LogP contribution is -2.39.